The van der Waals surface area contributed by atoms with Gasteiger partial charge in [-0.3, -0.25) is 0 Å². The standard InChI is InChI=1S/C12H11ClN2OS/c1-16-11(6-8-7-15-12(14)17-8)9-4-2-3-5-10(9)13/h2-7H,1H3,(H2,14,15)/b11-6-. The number of thiazole rings is 1. The minimum absolute atomic E-state index is 0.533. The second-order valence-electron chi connectivity index (χ2n) is 3.29. The third-order valence-corrected chi connectivity index (χ3v) is 3.28. The summed E-state index contributed by atoms with van der Waals surface area (Å²) in [7, 11) is 1.61. The molecule has 0 aliphatic rings. The Balaban J connectivity index is 2.40. The van der Waals surface area contributed by atoms with E-state index in [0.29, 0.717) is 15.9 Å². The van der Waals surface area contributed by atoms with Gasteiger partial charge in [-0.2, -0.15) is 0 Å². The van der Waals surface area contributed by atoms with Gasteiger partial charge in [-0.05, 0) is 18.2 Å². The summed E-state index contributed by atoms with van der Waals surface area (Å²) in [4.78, 5) is 4.91. The van der Waals surface area contributed by atoms with Gasteiger partial charge in [-0.25, -0.2) is 4.98 Å². The maximum Gasteiger partial charge on any atom is 0.180 e. The summed E-state index contributed by atoms with van der Waals surface area (Å²) >= 11 is 7.51. The maximum atomic E-state index is 6.11. The number of nitrogens with zero attached hydrogens (tertiary/aromatic N) is 1. The summed E-state index contributed by atoms with van der Waals surface area (Å²) in [5.74, 6) is 0.694. The Morgan fingerprint density at radius 1 is 1.47 bits per heavy atom. The van der Waals surface area contributed by atoms with Crippen molar-refractivity contribution in [2.45, 2.75) is 0 Å². The van der Waals surface area contributed by atoms with Crippen LogP contribution in [0.4, 0.5) is 5.13 Å². The third kappa shape index (κ3) is 2.78. The average Bonchev–Trinajstić information content (AvgIpc) is 2.73. The molecule has 0 aliphatic heterocycles. The summed E-state index contributed by atoms with van der Waals surface area (Å²) in [6, 6.07) is 7.52. The lowest BCUT2D eigenvalue weighted by Gasteiger charge is -2.07. The van der Waals surface area contributed by atoms with E-state index in [4.69, 9.17) is 22.1 Å². The zero-order chi connectivity index (χ0) is 12.3. The number of rotatable bonds is 3. The van der Waals surface area contributed by atoms with Crippen LogP contribution in [0.15, 0.2) is 30.5 Å². The van der Waals surface area contributed by atoms with Gasteiger partial charge in [0.2, 0.25) is 0 Å². The van der Waals surface area contributed by atoms with Crippen molar-refractivity contribution < 1.29 is 4.74 Å². The van der Waals surface area contributed by atoms with E-state index in [1.807, 2.05) is 30.3 Å². The van der Waals surface area contributed by atoms with Crippen LogP contribution in [0.25, 0.3) is 11.8 Å². The van der Waals surface area contributed by atoms with Crippen LogP contribution >= 0.6 is 22.9 Å². The smallest absolute Gasteiger partial charge is 0.180 e. The van der Waals surface area contributed by atoms with Gasteiger partial charge in [-0.1, -0.05) is 35.1 Å². The first kappa shape index (κ1) is 12.0. The summed E-state index contributed by atoms with van der Waals surface area (Å²) in [6.45, 7) is 0. The minimum atomic E-state index is 0.533. The van der Waals surface area contributed by atoms with Gasteiger partial charge >= 0.3 is 0 Å². The number of nitrogen functional groups attached to an aromatic ring is 1. The van der Waals surface area contributed by atoms with Crippen LogP contribution in [0.5, 0.6) is 0 Å². The summed E-state index contributed by atoms with van der Waals surface area (Å²) < 4.78 is 5.35. The Hall–Kier alpha value is -1.52. The highest BCUT2D eigenvalue weighted by atomic mass is 35.5. The van der Waals surface area contributed by atoms with Crippen LogP contribution < -0.4 is 5.73 Å². The van der Waals surface area contributed by atoms with Gasteiger partial charge in [0.25, 0.3) is 0 Å². The molecular weight excluding hydrogens is 256 g/mol. The van der Waals surface area contributed by atoms with Gasteiger partial charge in [-0.15, -0.1) is 0 Å². The Labute approximate surface area is 109 Å². The molecule has 0 radical (unpaired) electrons. The molecule has 0 saturated carbocycles. The van der Waals surface area contributed by atoms with E-state index in [1.54, 1.807) is 13.3 Å². The SMILES string of the molecule is CO/C(=C\c1cnc(N)s1)c1ccccc1Cl. The molecule has 17 heavy (non-hydrogen) atoms. The number of methoxy groups -OCH3 is 1. The average molecular weight is 267 g/mol. The molecule has 0 spiro atoms. The minimum Gasteiger partial charge on any atom is -0.496 e. The number of anilines is 1. The fourth-order valence-electron chi connectivity index (χ4n) is 1.40. The first-order valence-electron chi connectivity index (χ1n) is 4.92. The Morgan fingerprint density at radius 3 is 2.82 bits per heavy atom. The lowest BCUT2D eigenvalue weighted by atomic mass is 10.2. The van der Waals surface area contributed by atoms with Crippen molar-refractivity contribution >= 4 is 39.9 Å². The van der Waals surface area contributed by atoms with Crippen molar-refractivity contribution in [3.05, 3.63) is 45.9 Å². The topological polar surface area (TPSA) is 48.1 Å². The number of ether oxygens (including phenoxy) is 1. The molecule has 1 aromatic carbocycles. The van der Waals surface area contributed by atoms with Crippen molar-refractivity contribution in [3.8, 4) is 0 Å². The summed E-state index contributed by atoms with van der Waals surface area (Å²) in [5, 5.41) is 1.18. The molecule has 3 nitrogen and oxygen atoms in total. The van der Waals surface area contributed by atoms with E-state index in [1.165, 1.54) is 11.3 Å². The van der Waals surface area contributed by atoms with Gasteiger partial charge < -0.3 is 10.5 Å². The second-order valence-corrected chi connectivity index (χ2v) is 4.79. The number of aromatic nitrogens is 1. The van der Waals surface area contributed by atoms with E-state index in [2.05, 4.69) is 4.98 Å². The fourth-order valence-corrected chi connectivity index (χ4v) is 2.25. The highest BCUT2D eigenvalue weighted by Gasteiger charge is 2.07. The van der Waals surface area contributed by atoms with Crippen LogP contribution in [0.2, 0.25) is 5.02 Å². The zero-order valence-electron chi connectivity index (χ0n) is 9.18. The van der Waals surface area contributed by atoms with Gasteiger partial charge in [0.05, 0.1) is 17.0 Å². The molecule has 0 atom stereocenters. The number of hydrogen-bond acceptors (Lipinski definition) is 4. The molecule has 2 aromatic rings. The third-order valence-electron chi connectivity index (χ3n) is 2.17. The van der Waals surface area contributed by atoms with Crippen LogP contribution in [0, 0.1) is 0 Å². The number of benzene rings is 1. The van der Waals surface area contributed by atoms with E-state index in [-0.39, 0.29) is 0 Å². The molecule has 88 valence electrons. The Morgan fingerprint density at radius 2 is 2.24 bits per heavy atom. The summed E-state index contributed by atoms with van der Waals surface area (Å²) in [6.07, 6.45) is 3.57. The number of hydrogen-bond donors (Lipinski definition) is 1. The molecule has 1 heterocycles. The molecule has 0 aliphatic carbocycles. The van der Waals surface area contributed by atoms with E-state index in [9.17, 15) is 0 Å². The molecule has 2 N–H and O–H groups in total. The van der Waals surface area contributed by atoms with Gasteiger partial charge in [0.1, 0.15) is 5.76 Å². The molecule has 0 amide bonds. The molecule has 2 rings (SSSR count). The predicted octanol–water partition coefficient (Wildman–Crippen LogP) is 3.52. The molecular formula is C12H11ClN2OS. The van der Waals surface area contributed by atoms with Gasteiger partial charge in [0.15, 0.2) is 5.13 Å². The van der Waals surface area contributed by atoms with Crippen LogP contribution in [0.3, 0.4) is 0 Å². The fraction of sp³-hybridized carbons (Fsp3) is 0.0833. The first-order chi connectivity index (χ1) is 8.20. The Kier molecular flexibility index (Phi) is 3.66. The van der Waals surface area contributed by atoms with E-state index >= 15 is 0 Å². The van der Waals surface area contributed by atoms with E-state index in [0.717, 1.165) is 10.4 Å². The van der Waals surface area contributed by atoms with Crippen LogP contribution in [0.1, 0.15) is 10.4 Å². The molecule has 1 aromatic heterocycles. The van der Waals surface area contributed by atoms with E-state index < -0.39 is 0 Å². The Bertz CT molecular complexity index is 551. The zero-order valence-corrected chi connectivity index (χ0v) is 10.8. The van der Waals surface area contributed by atoms with Crippen molar-refractivity contribution in [2.24, 2.45) is 0 Å². The van der Waals surface area contributed by atoms with Crippen molar-refractivity contribution in [1.82, 2.24) is 4.98 Å². The monoisotopic (exact) mass is 266 g/mol. The molecule has 0 bridgehead atoms. The number of halogens is 1. The largest absolute Gasteiger partial charge is 0.496 e. The molecule has 0 saturated heterocycles. The molecule has 5 heteroatoms. The van der Waals surface area contributed by atoms with Crippen molar-refractivity contribution in [3.63, 3.8) is 0 Å². The maximum absolute atomic E-state index is 6.11. The molecule has 0 fully saturated rings. The normalized spacial score (nSPS) is 11.5. The summed E-state index contributed by atoms with van der Waals surface area (Å²) in [5.41, 5.74) is 6.43. The van der Waals surface area contributed by atoms with Crippen LogP contribution in [-0.4, -0.2) is 12.1 Å². The lowest BCUT2D eigenvalue weighted by Crippen LogP contribution is -1.88. The van der Waals surface area contributed by atoms with Crippen molar-refractivity contribution in [2.75, 3.05) is 12.8 Å². The van der Waals surface area contributed by atoms with Gasteiger partial charge in [0, 0.05) is 11.8 Å². The second kappa shape index (κ2) is 5.21. The quantitative estimate of drug-likeness (QED) is 0.865. The highest BCUT2D eigenvalue weighted by molar-refractivity contribution is 7.16. The van der Waals surface area contributed by atoms with Crippen molar-refractivity contribution in [1.29, 1.82) is 0 Å². The van der Waals surface area contributed by atoms with Crippen LogP contribution in [-0.2, 0) is 4.74 Å². The number of nitrogens with two attached hydrogens (primary N) is 1. The highest BCUT2D eigenvalue weighted by Crippen LogP contribution is 2.27. The first-order valence-corrected chi connectivity index (χ1v) is 6.12. The lowest BCUT2D eigenvalue weighted by molar-refractivity contribution is 0.373. The molecule has 0 unspecified atom stereocenters. The predicted molar refractivity (Wildman–Crippen MR) is 72.9 cm³/mol.